The Labute approximate surface area is 164 Å². The van der Waals surface area contributed by atoms with Gasteiger partial charge in [0.15, 0.2) is 5.96 Å². The van der Waals surface area contributed by atoms with Crippen molar-refractivity contribution in [1.82, 2.24) is 20.0 Å². The first-order valence-corrected chi connectivity index (χ1v) is 9.43. The summed E-state index contributed by atoms with van der Waals surface area (Å²) in [5.74, 6) is 0.872. The molecule has 1 aromatic heterocycles. The largest absolute Gasteiger partial charge is 0.353 e. The molecule has 0 spiro atoms. The fraction of sp³-hybridized carbons (Fsp3) is 0.273. The van der Waals surface area contributed by atoms with Gasteiger partial charge in [-0.15, -0.1) is 0 Å². The van der Waals surface area contributed by atoms with Crippen molar-refractivity contribution in [2.45, 2.75) is 24.9 Å². The van der Waals surface area contributed by atoms with Crippen LogP contribution in [0.3, 0.4) is 0 Å². The quantitative estimate of drug-likeness (QED) is 0.546. The molecule has 1 N–H and O–H groups in total. The number of nitrogens with zero attached hydrogens (tertiary/aromatic N) is 4. The van der Waals surface area contributed by atoms with Gasteiger partial charge in [0.05, 0.1) is 11.9 Å². The molecular weight excluding hydrogens is 353 g/mol. The number of hydrogen-bond acceptors (Lipinski definition) is 2. The van der Waals surface area contributed by atoms with Crippen LogP contribution < -0.4 is 5.32 Å². The Bertz CT molecular complexity index is 966. The molecule has 0 amide bonds. The first kappa shape index (κ1) is 18.2. The first-order valence-electron chi connectivity index (χ1n) is 9.43. The van der Waals surface area contributed by atoms with E-state index in [9.17, 15) is 4.39 Å². The zero-order chi connectivity index (χ0) is 19.5. The maximum Gasteiger partial charge on any atom is 0.193 e. The molecule has 2 aromatic carbocycles. The van der Waals surface area contributed by atoms with Gasteiger partial charge in [-0.3, -0.25) is 4.99 Å². The van der Waals surface area contributed by atoms with Crippen molar-refractivity contribution >= 4 is 5.96 Å². The molecule has 0 radical (unpaired) electrons. The van der Waals surface area contributed by atoms with Crippen LogP contribution in [-0.4, -0.2) is 40.8 Å². The smallest absolute Gasteiger partial charge is 0.193 e. The highest BCUT2D eigenvalue weighted by Gasteiger charge is 2.40. The van der Waals surface area contributed by atoms with Gasteiger partial charge in [0.25, 0.3) is 0 Å². The number of hydrogen-bond donors (Lipinski definition) is 1. The summed E-state index contributed by atoms with van der Waals surface area (Å²) < 4.78 is 15.9. The number of aliphatic imine (C=N–C) groups is 1. The van der Waals surface area contributed by atoms with Gasteiger partial charge in [-0.1, -0.05) is 36.4 Å². The number of para-hydroxylation sites is 1. The second-order valence-electron chi connectivity index (χ2n) is 7.15. The predicted molar refractivity (Wildman–Crippen MR) is 109 cm³/mol. The summed E-state index contributed by atoms with van der Waals surface area (Å²) >= 11 is 0. The number of nitrogens with one attached hydrogen (secondary N) is 1. The van der Waals surface area contributed by atoms with Crippen LogP contribution in [0.5, 0.6) is 0 Å². The predicted octanol–water partition coefficient (Wildman–Crippen LogP) is 3.57. The van der Waals surface area contributed by atoms with E-state index in [1.807, 2.05) is 66.6 Å². The molecule has 1 heterocycles. The number of halogens is 1. The van der Waals surface area contributed by atoms with E-state index in [0.717, 1.165) is 29.2 Å². The lowest BCUT2D eigenvalue weighted by molar-refractivity contribution is 0.475. The first-order chi connectivity index (χ1) is 13.7. The van der Waals surface area contributed by atoms with Gasteiger partial charge >= 0.3 is 0 Å². The van der Waals surface area contributed by atoms with Crippen LogP contribution in [0.15, 0.2) is 72.0 Å². The van der Waals surface area contributed by atoms with E-state index < -0.39 is 0 Å². The molecule has 2 unspecified atom stereocenters. The minimum absolute atomic E-state index is 0.131. The molecule has 0 saturated heterocycles. The van der Waals surface area contributed by atoms with Gasteiger partial charge in [-0.2, -0.15) is 5.10 Å². The van der Waals surface area contributed by atoms with E-state index in [2.05, 4.69) is 20.3 Å². The second kappa shape index (κ2) is 7.84. The highest BCUT2D eigenvalue weighted by molar-refractivity contribution is 5.80. The van der Waals surface area contributed by atoms with Crippen molar-refractivity contribution in [2.75, 3.05) is 14.1 Å². The summed E-state index contributed by atoms with van der Waals surface area (Å²) in [6, 6.07) is 17.3. The van der Waals surface area contributed by atoms with Gasteiger partial charge < -0.3 is 10.2 Å². The average Bonchev–Trinajstić information content (AvgIpc) is 3.33. The van der Waals surface area contributed by atoms with Crippen molar-refractivity contribution in [3.8, 4) is 5.69 Å². The van der Waals surface area contributed by atoms with Gasteiger partial charge in [0, 0.05) is 44.4 Å². The molecule has 144 valence electrons. The summed E-state index contributed by atoms with van der Waals surface area (Å²) in [4.78, 5) is 6.45. The van der Waals surface area contributed by atoms with E-state index in [0.29, 0.717) is 6.54 Å². The van der Waals surface area contributed by atoms with Crippen LogP contribution in [-0.2, 0) is 6.54 Å². The molecule has 2 atom stereocenters. The van der Waals surface area contributed by atoms with Crippen molar-refractivity contribution in [2.24, 2.45) is 4.99 Å². The summed E-state index contributed by atoms with van der Waals surface area (Å²) in [7, 11) is 3.77. The van der Waals surface area contributed by atoms with E-state index >= 15 is 0 Å². The van der Waals surface area contributed by atoms with Crippen molar-refractivity contribution in [3.05, 3.63) is 83.9 Å². The zero-order valence-corrected chi connectivity index (χ0v) is 16.1. The lowest BCUT2D eigenvalue weighted by atomic mass is 10.1. The SMILES string of the molecule is CN=C(NC1CC1c1ccccc1F)N(C)Cc1cnn(-c2ccccc2)c1. The number of rotatable bonds is 5. The highest BCUT2D eigenvalue weighted by atomic mass is 19.1. The summed E-state index contributed by atoms with van der Waals surface area (Å²) in [6.45, 7) is 0.684. The van der Waals surface area contributed by atoms with E-state index in [1.165, 1.54) is 6.07 Å². The Balaban J connectivity index is 1.37. The minimum Gasteiger partial charge on any atom is -0.353 e. The normalized spacial score (nSPS) is 18.8. The Hall–Kier alpha value is -3.15. The number of aromatic nitrogens is 2. The molecule has 0 aliphatic heterocycles. The van der Waals surface area contributed by atoms with Gasteiger partial charge in [-0.05, 0) is 30.2 Å². The molecule has 3 aromatic rings. The molecule has 1 fully saturated rings. The van der Waals surface area contributed by atoms with Crippen LogP contribution in [0.2, 0.25) is 0 Å². The van der Waals surface area contributed by atoms with E-state index in [4.69, 9.17) is 0 Å². The fourth-order valence-corrected chi connectivity index (χ4v) is 3.50. The van der Waals surface area contributed by atoms with Crippen LogP contribution in [0.25, 0.3) is 5.69 Å². The molecule has 0 bridgehead atoms. The van der Waals surface area contributed by atoms with Crippen molar-refractivity contribution in [1.29, 1.82) is 0 Å². The monoisotopic (exact) mass is 377 g/mol. The maximum atomic E-state index is 14.0. The topological polar surface area (TPSA) is 45.5 Å². The Morgan fingerprint density at radius 3 is 2.71 bits per heavy atom. The Morgan fingerprint density at radius 1 is 1.21 bits per heavy atom. The minimum atomic E-state index is -0.131. The molecule has 4 rings (SSSR count). The molecule has 1 aliphatic carbocycles. The molecule has 5 nitrogen and oxygen atoms in total. The third kappa shape index (κ3) is 3.91. The summed E-state index contributed by atoms with van der Waals surface area (Å²) in [5.41, 5.74) is 2.91. The van der Waals surface area contributed by atoms with Crippen molar-refractivity contribution < 1.29 is 4.39 Å². The standard InChI is InChI=1S/C22H24FN5/c1-24-22(26-21-12-19(21)18-10-6-7-11-20(18)23)27(2)14-16-13-25-28(15-16)17-8-4-3-5-9-17/h3-11,13,15,19,21H,12,14H2,1-2H3,(H,24,26). The van der Waals surface area contributed by atoms with E-state index in [-0.39, 0.29) is 17.8 Å². The number of guanidine groups is 1. The third-order valence-electron chi connectivity index (χ3n) is 5.06. The zero-order valence-electron chi connectivity index (χ0n) is 16.1. The Morgan fingerprint density at radius 2 is 1.96 bits per heavy atom. The lowest BCUT2D eigenvalue weighted by Gasteiger charge is -2.21. The van der Waals surface area contributed by atoms with Gasteiger partial charge in [0.1, 0.15) is 5.82 Å². The average molecular weight is 377 g/mol. The summed E-state index contributed by atoms with van der Waals surface area (Å²) in [6.07, 6.45) is 4.81. The van der Waals surface area contributed by atoms with E-state index in [1.54, 1.807) is 13.1 Å². The molecule has 1 aliphatic rings. The maximum absolute atomic E-state index is 14.0. The molecule has 1 saturated carbocycles. The number of benzene rings is 2. The highest BCUT2D eigenvalue weighted by Crippen LogP contribution is 2.41. The van der Waals surface area contributed by atoms with Gasteiger partial charge in [0.2, 0.25) is 0 Å². The molecular formula is C22H24FN5. The van der Waals surface area contributed by atoms with Crippen LogP contribution in [0, 0.1) is 5.82 Å². The summed E-state index contributed by atoms with van der Waals surface area (Å²) in [5, 5.41) is 7.90. The van der Waals surface area contributed by atoms with Crippen LogP contribution in [0.1, 0.15) is 23.5 Å². The Kier molecular flexibility index (Phi) is 5.10. The third-order valence-corrected chi connectivity index (χ3v) is 5.06. The van der Waals surface area contributed by atoms with Crippen LogP contribution >= 0.6 is 0 Å². The molecule has 6 heteroatoms. The lowest BCUT2D eigenvalue weighted by Crippen LogP contribution is -2.40. The fourth-order valence-electron chi connectivity index (χ4n) is 3.50. The van der Waals surface area contributed by atoms with Crippen molar-refractivity contribution in [3.63, 3.8) is 0 Å². The molecule has 28 heavy (non-hydrogen) atoms. The van der Waals surface area contributed by atoms with Crippen LogP contribution in [0.4, 0.5) is 4.39 Å². The second-order valence-corrected chi connectivity index (χ2v) is 7.15. The van der Waals surface area contributed by atoms with Gasteiger partial charge in [-0.25, -0.2) is 9.07 Å².